The van der Waals surface area contributed by atoms with E-state index in [9.17, 15) is 9.18 Å². The molecular weight excluding hydrogens is 213 g/mol. The van der Waals surface area contributed by atoms with Crippen molar-refractivity contribution in [2.24, 2.45) is 0 Å². The molecule has 86 valence electrons. The van der Waals surface area contributed by atoms with E-state index in [4.69, 9.17) is 9.84 Å². The van der Waals surface area contributed by atoms with Crippen molar-refractivity contribution in [2.75, 3.05) is 13.2 Å². The number of hydrogen-bond donors (Lipinski definition) is 2. The summed E-state index contributed by atoms with van der Waals surface area (Å²) in [5, 5.41) is 11.7. The van der Waals surface area contributed by atoms with Crippen LogP contribution in [0, 0.1) is 0 Å². The number of carboxylic acid groups (broad SMARTS) is 1. The summed E-state index contributed by atoms with van der Waals surface area (Å²) in [7, 11) is 0. The number of ether oxygens (including phenoxy) is 1. The number of rotatable bonds is 2. The summed E-state index contributed by atoms with van der Waals surface area (Å²) in [5.74, 6) is -1.02. The molecule has 2 rings (SSSR count). The largest absolute Gasteiger partial charge is 0.478 e. The molecule has 2 unspecified atom stereocenters. The number of carbonyl (C=O) groups is 1. The zero-order chi connectivity index (χ0) is 11.5. The molecular formula is C11H12FNO3. The normalized spacial score (nSPS) is 25.3. The number of aromatic carboxylic acids is 1. The van der Waals surface area contributed by atoms with Crippen LogP contribution in [0.2, 0.25) is 0 Å². The molecule has 1 aliphatic heterocycles. The molecule has 0 spiro atoms. The monoisotopic (exact) mass is 225 g/mol. The van der Waals surface area contributed by atoms with Crippen molar-refractivity contribution in [1.82, 2.24) is 5.32 Å². The van der Waals surface area contributed by atoms with Crippen LogP contribution in [-0.4, -0.2) is 30.6 Å². The van der Waals surface area contributed by atoms with E-state index in [-0.39, 0.29) is 18.8 Å². The van der Waals surface area contributed by atoms with Crippen LogP contribution in [0.1, 0.15) is 22.0 Å². The molecule has 2 N–H and O–H groups in total. The van der Waals surface area contributed by atoms with Gasteiger partial charge in [0, 0.05) is 0 Å². The van der Waals surface area contributed by atoms with E-state index in [1.165, 1.54) is 6.07 Å². The van der Waals surface area contributed by atoms with Crippen molar-refractivity contribution < 1.29 is 19.0 Å². The first-order chi connectivity index (χ1) is 7.68. The van der Waals surface area contributed by atoms with Crippen LogP contribution < -0.4 is 5.32 Å². The molecule has 0 aliphatic carbocycles. The van der Waals surface area contributed by atoms with Crippen LogP contribution in [0.3, 0.4) is 0 Å². The van der Waals surface area contributed by atoms with Gasteiger partial charge in [-0.05, 0) is 11.6 Å². The van der Waals surface area contributed by atoms with E-state index in [2.05, 4.69) is 5.32 Å². The molecule has 0 amide bonds. The first-order valence-corrected chi connectivity index (χ1v) is 4.98. The van der Waals surface area contributed by atoms with Gasteiger partial charge in [-0.3, -0.25) is 5.32 Å². The van der Waals surface area contributed by atoms with Gasteiger partial charge in [0.2, 0.25) is 0 Å². The van der Waals surface area contributed by atoms with Crippen LogP contribution in [0.5, 0.6) is 0 Å². The summed E-state index contributed by atoms with van der Waals surface area (Å²) in [6, 6.07) is 6.13. The van der Waals surface area contributed by atoms with E-state index in [0.29, 0.717) is 5.56 Å². The topological polar surface area (TPSA) is 58.6 Å². The van der Waals surface area contributed by atoms with Gasteiger partial charge in [-0.1, -0.05) is 18.2 Å². The van der Waals surface area contributed by atoms with Crippen LogP contribution >= 0.6 is 0 Å². The highest BCUT2D eigenvalue weighted by atomic mass is 19.1. The number of hydrogen-bond acceptors (Lipinski definition) is 3. The summed E-state index contributed by atoms with van der Waals surface area (Å²) in [4.78, 5) is 11.0. The molecule has 1 aromatic rings. The summed E-state index contributed by atoms with van der Waals surface area (Å²) in [6.45, 7) is 0.288. The van der Waals surface area contributed by atoms with Crippen molar-refractivity contribution in [3.63, 3.8) is 0 Å². The number of nitrogens with one attached hydrogen (secondary N) is 1. The third-order valence-electron chi connectivity index (χ3n) is 2.50. The second-order valence-electron chi connectivity index (χ2n) is 3.62. The minimum Gasteiger partial charge on any atom is -0.478 e. The minimum atomic E-state index is -1.25. The van der Waals surface area contributed by atoms with Crippen LogP contribution in [0.25, 0.3) is 0 Å². The van der Waals surface area contributed by atoms with Crippen LogP contribution in [0.15, 0.2) is 24.3 Å². The summed E-state index contributed by atoms with van der Waals surface area (Å²) in [5.41, 5.74) is 0.732. The molecule has 1 saturated heterocycles. The molecule has 2 atom stereocenters. The van der Waals surface area contributed by atoms with Gasteiger partial charge in [0.05, 0.1) is 24.8 Å². The Balaban J connectivity index is 2.28. The maximum absolute atomic E-state index is 13.1. The van der Waals surface area contributed by atoms with E-state index >= 15 is 0 Å². The van der Waals surface area contributed by atoms with Crippen LogP contribution in [0.4, 0.5) is 4.39 Å². The zero-order valence-corrected chi connectivity index (χ0v) is 8.52. The summed E-state index contributed by atoms with van der Waals surface area (Å²) >= 11 is 0. The number of halogens is 1. The molecule has 4 nitrogen and oxygen atoms in total. The Morgan fingerprint density at radius 3 is 2.88 bits per heavy atom. The Labute approximate surface area is 92.0 Å². The van der Waals surface area contributed by atoms with Crippen LogP contribution in [-0.2, 0) is 4.74 Å². The minimum absolute atomic E-state index is 0.00569. The number of morpholine rings is 1. The van der Waals surface area contributed by atoms with Crippen molar-refractivity contribution >= 4 is 5.97 Å². The fourth-order valence-electron chi connectivity index (χ4n) is 1.78. The third kappa shape index (κ3) is 2.20. The zero-order valence-electron chi connectivity index (χ0n) is 8.52. The molecule has 0 bridgehead atoms. The van der Waals surface area contributed by atoms with Crippen molar-refractivity contribution in [1.29, 1.82) is 0 Å². The lowest BCUT2D eigenvalue weighted by atomic mass is 10.00. The molecule has 1 heterocycles. The molecule has 1 aliphatic rings. The molecule has 1 fully saturated rings. The van der Waals surface area contributed by atoms with Crippen molar-refractivity contribution in [3.05, 3.63) is 35.4 Å². The lowest BCUT2D eigenvalue weighted by molar-refractivity contribution is -0.000189. The Bertz CT molecular complexity index is 397. The van der Waals surface area contributed by atoms with E-state index in [0.717, 1.165) is 0 Å². The third-order valence-corrected chi connectivity index (χ3v) is 2.50. The van der Waals surface area contributed by atoms with Gasteiger partial charge in [0.25, 0.3) is 0 Å². The Morgan fingerprint density at radius 2 is 2.19 bits per heavy atom. The quantitative estimate of drug-likeness (QED) is 0.746. The Kier molecular flexibility index (Phi) is 3.17. The summed E-state index contributed by atoms with van der Waals surface area (Å²) < 4.78 is 18.1. The first kappa shape index (κ1) is 11.0. The maximum Gasteiger partial charge on any atom is 0.336 e. The van der Waals surface area contributed by atoms with E-state index in [1.807, 2.05) is 0 Å². The van der Waals surface area contributed by atoms with E-state index in [1.54, 1.807) is 18.2 Å². The Morgan fingerprint density at radius 1 is 1.44 bits per heavy atom. The smallest absolute Gasteiger partial charge is 0.336 e. The average Bonchev–Trinajstić information content (AvgIpc) is 2.29. The highest BCUT2D eigenvalue weighted by Crippen LogP contribution is 2.21. The molecule has 0 radical (unpaired) electrons. The lowest BCUT2D eigenvalue weighted by Crippen LogP contribution is -2.41. The molecule has 0 aromatic heterocycles. The number of benzene rings is 1. The van der Waals surface area contributed by atoms with Crippen molar-refractivity contribution in [2.45, 2.75) is 12.3 Å². The van der Waals surface area contributed by atoms with Gasteiger partial charge in [-0.25, -0.2) is 9.18 Å². The number of carboxylic acids is 1. The van der Waals surface area contributed by atoms with Gasteiger partial charge in [-0.15, -0.1) is 0 Å². The predicted molar refractivity (Wildman–Crippen MR) is 55.0 cm³/mol. The first-order valence-electron chi connectivity index (χ1n) is 4.98. The standard InChI is InChI=1S/C11H12FNO3/c12-10-6-16-5-9(13-10)7-3-1-2-4-8(7)11(14)15/h1-4,9-10,13H,5-6H2,(H,14,15). The van der Waals surface area contributed by atoms with Crippen molar-refractivity contribution in [3.8, 4) is 0 Å². The highest BCUT2D eigenvalue weighted by Gasteiger charge is 2.25. The van der Waals surface area contributed by atoms with Gasteiger partial charge in [0.1, 0.15) is 0 Å². The second kappa shape index (κ2) is 4.59. The SMILES string of the molecule is O=C(O)c1ccccc1C1COCC(F)N1. The Hall–Kier alpha value is -1.46. The molecule has 0 saturated carbocycles. The van der Waals surface area contributed by atoms with Gasteiger partial charge < -0.3 is 9.84 Å². The molecule has 16 heavy (non-hydrogen) atoms. The molecule has 1 aromatic carbocycles. The number of alkyl halides is 1. The summed E-state index contributed by atoms with van der Waals surface area (Å²) in [6.07, 6.45) is -1.25. The highest BCUT2D eigenvalue weighted by molar-refractivity contribution is 5.89. The fourth-order valence-corrected chi connectivity index (χ4v) is 1.78. The maximum atomic E-state index is 13.1. The lowest BCUT2D eigenvalue weighted by Gasteiger charge is -2.27. The van der Waals surface area contributed by atoms with Gasteiger partial charge in [0.15, 0.2) is 6.30 Å². The fraction of sp³-hybridized carbons (Fsp3) is 0.364. The predicted octanol–water partition coefficient (Wildman–Crippen LogP) is 1.34. The average molecular weight is 225 g/mol. The second-order valence-corrected chi connectivity index (χ2v) is 3.62. The van der Waals surface area contributed by atoms with E-state index < -0.39 is 18.3 Å². The molecule has 5 heteroatoms. The van der Waals surface area contributed by atoms with Gasteiger partial charge >= 0.3 is 5.97 Å². The van der Waals surface area contributed by atoms with Gasteiger partial charge in [-0.2, -0.15) is 0 Å².